The molecule has 0 aliphatic heterocycles. The van der Waals surface area contributed by atoms with E-state index in [1.54, 1.807) is 30.2 Å². The lowest BCUT2D eigenvalue weighted by molar-refractivity contribution is -0.137. The molecule has 10 nitrogen and oxygen atoms in total. The van der Waals surface area contributed by atoms with Crippen molar-refractivity contribution in [1.29, 1.82) is 0 Å². The number of alkyl halides is 3. The highest BCUT2D eigenvalue weighted by Gasteiger charge is 2.54. The van der Waals surface area contributed by atoms with Gasteiger partial charge in [-0.1, -0.05) is 5.57 Å². The number of nitrogens with zero attached hydrogens (tertiary/aromatic N) is 7. The van der Waals surface area contributed by atoms with Crippen LogP contribution in [-0.4, -0.2) is 60.1 Å². The Morgan fingerprint density at radius 3 is 2.53 bits per heavy atom. The van der Waals surface area contributed by atoms with E-state index < -0.39 is 45.0 Å². The number of fused-ring (bicyclic) bond motifs is 2. The molecule has 234 valence electrons. The van der Waals surface area contributed by atoms with Gasteiger partial charge in [0, 0.05) is 31.5 Å². The van der Waals surface area contributed by atoms with Gasteiger partial charge in [0.25, 0.3) is 10.0 Å². The molecule has 45 heavy (non-hydrogen) atoms. The first-order valence-electron chi connectivity index (χ1n) is 14.4. The third-order valence-electron chi connectivity index (χ3n) is 8.84. The third-order valence-corrected chi connectivity index (χ3v) is 10.7. The molecule has 4 heterocycles. The summed E-state index contributed by atoms with van der Waals surface area (Å²) in [5.74, 6) is -1.27. The number of rotatable bonds is 7. The highest BCUT2D eigenvalue weighted by atomic mass is 32.2. The Labute approximate surface area is 255 Å². The van der Waals surface area contributed by atoms with E-state index >= 15 is 0 Å². The molecule has 3 aliphatic rings. The number of carbonyl (C=O) groups excluding carboxylic acids is 1. The number of allylic oxidation sites excluding steroid dienone is 1. The van der Waals surface area contributed by atoms with Gasteiger partial charge in [-0.05, 0) is 80.5 Å². The van der Waals surface area contributed by atoms with Gasteiger partial charge in [-0.2, -0.15) is 32.1 Å². The standard InChI is InChI=1S/C30H27F4N7O3S/c1-39-11-9-27(38-39)45(43,44)41(21-4-5-21)22-3-2-19-13-25-18(16-37-40(25)23-6-7-26(31)36-17-23)14-29(19,15-22)28(42)24-12-20(8-10-35-24)30(32,33)34/h6-13,16-17,21-22H,2-5,14-15H2,1H3/t22-,29-/m0/s1. The van der Waals surface area contributed by atoms with Crippen LogP contribution in [0.4, 0.5) is 17.6 Å². The molecule has 0 aromatic carbocycles. The Morgan fingerprint density at radius 1 is 1.07 bits per heavy atom. The van der Waals surface area contributed by atoms with Crippen molar-refractivity contribution in [1.82, 2.24) is 33.8 Å². The Morgan fingerprint density at radius 2 is 1.87 bits per heavy atom. The number of halogens is 4. The summed E-state index contributed by atoms with van der Waals surface area (Å²) in [5, 5.41) is 8.50. The van der Waals surface area contributed by atoms with Crippen LogP contribution in [0, 0.1) is 11.4 Å². The van der Waals surface area contributed by atoms with Crippen LogP contribution < -0.4 is 0 Å². The molecule has 0 radical (unpaired) electrons. The summed E-state index contributed by atoms with van der Waals surface area (Å²) in [6.07, 6.45) is 4.63. The van der Waals surface area contributed by atoms with Gasteiger partial charge in [-0.25, -0.2) is 18.1 Å². The quantitative estimate of drug-likeness (QED) is 0.162. The van der Waals surface area contributed by atoms with Crippen LogP contribution in [0.1, 0.15) is 59.4 Å². The zero-order valence-corrected chi connectivity index (χ0v) is 24.8. The topological polar surface area (TPSA) is 116 Å². The lowest BCUT2D eigenvalue weighted by Gasteiger charge is -2.46. The molecule has 7 rings (SSSR count). The third kappa shape index (κ3) is 5.07. The molecule has 2 atom stereocenters. The largest absolute Gasteiger partial charge is 0.416 e. The van der Waals surface area contributed by atoms with Gasteiger partial charge in [0.05, 0.1) is 34.8 Å². The summed E-state index contributed by atoms with van der Waals surface area (Å²) >= 11 is 0. The molecule has 2 saturated carbocycles. The van der Waals surface area contributed by atoms with Crippen LogP contribution >= 0.6 is 0 Å². The fourth-order valence-electron chi connectivity index (χ4n) is 6.64. The lowest BCUT2D eigenvalue weighted by Crippen LogP contribution is -2.51. The first-order valence-corrected chi connectivity index (χ1v) is 15.8. The van der Waals surface area contributed by atoms with Crippen LogP contribution in [0.2, 0.25) is 0 Å². The molecular weight excluding hydrogens is 614 g/mol. The molecule has 0 saturated heterocycles. The first kappa shape index (κ1) is 29.5. The van der Waals surface area contributed by atoms with E-state index in [1.807, 2.05) is 0 Å². The minimum Gasteiger partial charge on any atom is -0.291 e. The number of hydrogen-bond donors (Lipinski definition) is 0. The van der Waals surface area contributed by atoms with Gasteiger partial charge in [0.15, 0.2) is 10.8 Å². The van der Waals surface area contributed by atoms with E-state index in [1.165, 1.54) is 33.4 Å². The number of Topliss-reactive ketones (excluding diaryl/α,β-unsaturated/α-hetero) is 1. The molecule has 0 bridgehead atoms. The fraction of sp³-hybridized carbons (Fsp3) is 0.367. The van der Waals surface area contributed by atoms with Gasteiger partial charge in [-0.3, -0.25) is 14.5 Å². The Kier molecular flexibility index (Phi) is 6.82. The molecule has 3 aliphatic carbocycles. The van der Waals surface area contributed by atoms with Gasteiger partial charge in [0.2, 0.25) is 5.95 Å². The zero-order chi connectivity index (χ0) is 31.7. The summed E-state index contributed by atoms with van der Waals surface area (Å²) < 4.78 is 86.9. The van der Waals surface area contributed by atoms with E-state index in [0.29, 0.717) is 48.2 Å². The maximum absolute atomic E-state index is 14.5. The van der Waals surface area contributed by atoms with Gasteiger partial charge in [0.1, 0.15) is 5.69 Å². The summed E-state index contributed by atoms with van der Waals surface area (Å²) in [6.45, 7) is 0. The summed E-state index contributed by atoms with van der Waals surface area (Å²) in [5.41, 5.74) is -0.316. The second-order valence-electron chi connectivity index (χ2n) is 11.8. The van der Waals surface area contributed by atoms with Crippen molar-refractivity contribution in [3.05, 3.63) is 89.2 Å². The number of carbonyl (C=O) groups is 1. The Hall–Kier alpha value is -4.24. The number of hydrogen-bond acceptors (Lipinski definition) is 7. The van der Waals surface area contributed by atoms with Crippen molar-refractivity contribution in [2.45, 2.75) is 61.8 Å². The number of aromatic nitrogens is 6. The SMILES string of the molecule is Cn1ccc(S(=O)(=O)N(C2CC2)[C@H]2CCC3=Cc4c(cnn4-c4ccc(F)nc4)C[C@]3(C(=O)c3cc(C(F)(F)F)ccn3)C2)n1. The molecule has 0 N–H and O–H groups in total. The number of sulfonamides is 1. The maximum atomic E-state index is 14.5. The molecule has 0 unspecified atom stereocenters. The second-order valence-corrected chi connectivity index (χ2v) is 13.6. The van der Waals surface area contributed by atoms with E-state index in [-0.39, 0.29) is 29.6 Å². The molecule has 2 fully saturated rings. The number of ketones is 1. The van der Waals surface area contributed by atoms with Crippen molar-refractivity contribution in [2.75, 3.05) is 0 Å². The van der Waals surface area contributed by atoms with Crippen molar-refractivity contribution in [3.63, 3.8) is 0 Å². The molecule has 4 aromatic heterocycles. The van der Waals surface area contributed by atoms with Crippen molar-refractivity contribution >= 4 is 21.9 Å². The molecular formula is C30H27F4N7O3S. The minimum absolute atomic E-state index is 0.0425. The molecule has 4 aromatic rings. The highest BCUT2D eigenvalue weighted by molar-refractivity contribution is 7.89. The van der Waals surface area contributed by atoms with E-state index in [0.717, 1.165) is 18.3 Å². The maximum Gasteiger partial charge on any atom is 0.416 e. The first-order chi connectivity index (χ1) is 21.4. The monoisotopic (exact) mass is 641 g/mol. The van der Waals surface area contributed by atoms with Crippen molar-refractivity contribution < 1.29 is 30.8 Å². The van der Waals surface area contributed by atoms with Crippen molar-refractivity contribution in [2.24, 2.45) is 12.5 Å². The Bertz CT molecular complexity index is 1950. The van der Waals surface area contributed by atoms with Gasteiger partial charge < -0.3 is 0 Å². The van der Waals surface area contributed by atoms with Crippen LogP contribution in [-0.2, 0) is 29.7 Å². The van der Waals surface area contributed by atoms with Crippen LogP contribution in [0.5, 0.6) is 0 Å². The smallest absolute Gasteiger partial charge is 0.291 e. The average Bonchev–Trinajstić information content (AvgIpc) is 3.59. The molecule has 0 amide bonds. The van der Waals surface area contributed by atoms with E-state index in [2.05, 4.69) is 20.2 Å². The molecule has 0 spiro atoms. The Balaban J connectivity index is 1.33. The summed E-state index contributed by atoms with van der Waals surface area (Å²) in [6, 6.07) is 4.83. The summed E-state index contributed by atoms with van der Waals surface area (Å²) in [7, 11) is -2.42. The van der Waals surface area contributed by atoms with Gasteiger partial charge in [-0.15, -0.1) is 0 Å². The zero-order valence-electron chi connectivity index (χ0n) is 23.9. The normalized spacial score (nSPS) is 21.7. The predicted octanol–water partition coefficient (Wildman–Crippen LogP) is 4.77. The van der Waals surface area contributed by atoms with Crippen LogP contribution in [0.3, 0.4) is 0 Å². The highest BCUT2D eigenvalue weighted by Crippen LogP contribution is 2.52. The van der Waals surface area contributed by atoms with Crippen LogP contribution in [0.15, 0.2) is 65.7 Å². The predicted molar refractivity (Wildman–Crippen MR) is 152 cm³/mol. The lowest BCUT2D eigenvalue weighted by atomic mass is 9.60. The van der Waals surface area contributed by atoms with Crippen LogP contribution in [0.25, 0.3) is 11.8 Å². The van der Waals surface area contributed by atoms with Crippen molar-refractivity contribution in [3.8, 4) is 5.69 Å². The fourth-order valence-corrected chi connectivity index (χ4v) is 8.49. The van der Waals surface area contributed by atoms with E-state index in [4.69, 9.17) is 0 Å². The van der Waals surface area contributed by atoms with Gasteiger partial charge >= 0.3 is 6.18 Å². The summed E-state index contributed by atoms with van der Waals surface area (Å²) in [4.78, 5) is 22.3. The second kappa shape index (κ2) is 10.4. The van der Waals surface area contributed by atoms with E-state index in [9.17, 15) is 30.8 Å². The number of aryl methyl sites for hydroxylation is 1. The number of pyridine rings is 2. The minimum atomic E-state index is -4.69. The molecule has 15 heteroatoms. The average molecular weight is 642 g/mol.